The third-order valence-corrected chi connectivity index (χ3v) is 4.93. The van der Waals surface area contributed by atoms with E-state index in [0.717, 1.165) is 0 Å². The summed E-state index contributed by atoms with van der Waals surface area (Å²) in [6.07, 6.45) is -0.425. The zero-order valence-corrected chi connectivity index (χ0v) is 13.3. The summed E-state index contributed by atoms with van der Waals surface area (Å²) in [6, 6.07) is 14.2. The highest BCUT2D eigenvalue weighted by Crippen LogP contribution is 2.23. The molecule has 2 aromatic carbocycles. The minimum absolute atomic E-state index is 0.0708. The first-order valence-electron chi connectivity index (χ1n) is 7.07. The van der Waals surface area contributed by atoms with Gasteiger partial charge in [-0.2, -0.15) is 5.26 Å². The van der Waals surface area contributed by atoms with Crippen molar-refractivity contribution in [1.29, 1.82) is 5.26 Å². The first kappa shape index (κ1) is 15.8. The van der Waals surface area contributed by atoms with E-state index in [1.165, 1.54) is 17.0 Å². The quantitative estimate of drug-likeness (QED) is 0.918. The summed E-state index contributed by atoms with van der Waals surface area (Å²) in [6.45, 7) is 0.789. The van der Waals surface area contributed by atoms with Crippen LogP contribution in [-0.4, -0.2) is 27.7 Å². The molecule has 0 bridgehead atoms. The number of hydrogen-bond donors (Lipinski definition) is 1. The van der Waals surface area contributed by atoms with E-state index in [9.17, 15) is 13.2 Å². The van der Waals surface area contributed by atoms with Crippen LogP contribution < -0.4 is 9.62 Å². The van der Waals surface area contributed by atoms with Crippen LogP contribution in [0.5, 0.6) is 0 Å². The SMILES string of the molecule is N#Cc1ccccc1S(=O)(=O)Nc1ccc(N2CCOC2=O)cc1. The van der Waals surface area contributed by atoms with E-state index >= 15 is 0 Å². The molecule has 3 rings (SSSR count). The Morgan fingerprint density at radius 2 is 1.83 bits per heavy atom. The molecule has 1 amide bonds. The highest BCUT2D eigenvalue weighted by atomic mass is 32.2. The van der Waals surface area contributed by atoms with E-state index in [4.69, 9.17) is 10.00 Å². The van der Waals surface area contributed by atoms with Crippen LogP contribution in [-0.2, 0) is 14.8 Å². The molecule has 2 aromatic rings. The van der Waals surface area contributed by atoms with Crippen LogP contribution in [0.3, 0.4) is 0 Å². The molecule has 8 heteroatoms. The number of rotatable bonds is 4. The predicted octanol–water partition coefficient (Wildman–Crippen LogP) is 2.32. The highest BCUT2D eigenvalue weighted by molar-refractivity contribution is 7.92. The minimum atomic E-state index is -3.88. The van der Waals surface area contributed by atoms with Crippen molar-refractivity contribution < 1.29 is 17.9 Å². The molecule has 24 heavy (non-hydrogen) atoms. The van der Waals surface area contributed by atoms with Gasteiger partial charge in [-0.15, -0.1) is 0 Å². The number of nitrogens with one attached hydrogen (secondary N) is 1. The molecule has 0 saturated carbocycles. The summed E-state index contributed by atoms with van der Waals surface area (Å²) < 4.78 is 32.1. The zero-order valence-electron chi connectivity index (χ0n) is 12.5. The lowest BCUT2D eigenvalue weighted by molar-refractivity contribution is 0.181. The molecule has 0 atom stereocenters. The number of carbonyl (C=O) groups excluding carboxylic acids is 1. The Hall–Kier alpha value is -3.05. The van der Waals surface area contributed by atoms with Crippen molar-refractivity contribution in [2.45, 2.75) is 4.90 Å². The summed E-state index contributed by atoms with van der Waals surface area (Å²) in [5.74, 6) is 0. The van der Waals surface area contributed by atoms with Crippen molar-refractivity contribution in [3.05, 3.63) is 54.1 Å². The van der Waals surface area contributed by atoms with E-state index in [1.807, 2.05) is 6.07 Å². The van der Waals surface area contributed by atoms with E-state index in [2.05, 4.69) is 4.72 Å². The van der Waals surface area contributed by atoms with E-state index in [1.54, 1.807) is 36.4 Å². The average Bonchev–Trinajstić information content (AvgIpc) is 3.01. The standard InChI is InChI=1S/C16H13N3O4S/c17-11-12-3-1-2-4-15(12)24(21,22)18-13-5-7-14(8-6-13)19-9-10-23-16(19)20/h1-8,18H,9-10H2. The Morgan fingerprint density at radius 1 is 1.12 bits per heavy atom. The molecule has 122 valence electrons. The third kappa shape index (κ3) is 3.02. The Balaban J connectivity index is 1.83. The van der Waals surface area contributed by atoms with Crippen molar-refractivity contribution in [3.63, 3.8) is 0 Å². The van der Waals surface area contributed by atoms with Gasteiger partial charge in [0.25, 0.3) is 10.0 Å². The number of benzene rings is 2. The number of hydrogen-bond acceptors (Lipinski definition) is 5. The van der Waals surface area contributed by atoms with Gasteiger partial charge in [0.2, 0.25) is 0 Å². The Kier molecular flexibility index (Phi) is 4.10. The third-order valence-electron chi connectivity index (χ3n) is 3.49. The summed E-state index contributed by atoms with van der Waals surface area (Å²) in [7, 11) is -3.88. The topological polar surface area (TPSA) is 99.5 Å². The summed E-state index contributed by atoms with van der Waals surface area (Å²) in [4.78, 5) is 12.9. The smallest absolute Gasteiger partial charge is 0.414 e. The average molecular weight is 343 g/mol. The van der Waals surface area contributed by atoms with Crippen molar-refractivity contribution in [1.82, 2.24) is 0 Å². The minimum Gasteiger partial charge on any atom is -0.447 e. The maximum atomic E-state index is 12.4. The second kappa shape index (κ2) is 6.22. The van der Waals surface area contributed by atoms with Gasteiger partial charge in [0, 0.05) is 11.4 Å². The van der Waals surface area contributed by atoms with Gasteiger partial charge in [-0.3, -0.25) is 9.62 Å². The fraction of sp³-hybridized carbons (Fsp3) is 0.125. The van der Waals surface area contributed by atoms with Gasteiger partial charge < -0.3 is 4.74 Å². The first-order valence-corrected chi connectivity index (χ1v) is 8.56. The summed E-state index contributed by atoms with van der Waals surface area (Å²) >= 11 is 0. The molecule has 1 saturated heterocycles. The second-order valence-corrected chi connectivity index (χ2v) is 6.68. The fourth-order valence-corrected chi connectivity index (χ4v) is 3.56. The highest BCUT2D eigenvalue weighted by Gasteiger charge is 2.23. The second-order valence-electron chi connectivity index (χ2n) is 5.03. The first-order chi connectivity index (χ1) is 11.5. The van der Waals surface area contributed by atoms with Crippen molar-refractivity contribution in [2.24, 2.45) is 0 Å². The molecule has 1 aliphatic rings. The van der Waals surface area contributed by atoms with Crippen molar-refractivity contribution in [3.8, 4) is 6.07 Å². The van der Waals surface area contributed by atoms with Crippen LogP contribution in [0.25, 0.3) is 0 Å². The normalized spacial score (nSPS) is 14.1. The van der Waals surface area contributed by atoms with Crippen LogP contribution in [0.4, 0.5) is 16.2 Å². The molecular weight excluding hydrogens is 330 g/mol. The molecule has 0 unspecified atom stereocenters. The molecule has 1 fully saturated rings. The largest absolute Gasteiger partial charge is 0.447 e. The lowest BCUT2D eigenvalue weighted by Gasteiger charge is -2.14. The number of cyclic esters (lactones) is 1. The van der Waals surface area contributed by atoms with Gasteiger partial charge >= 0.3 is 6.09 Å². The van der Waals surface area contributed by atoms with Crippen LogP contribution in [0.2, 0.25) is 0 Å². The van der Waals surface area contributed by atoms with Gasteiger partial charge in [0.05, 0.1) is 12.1 Å². The molecule has 1 aliphatic heterocycles. The number of nitriles is 1. The van der Waals surface area contributed by atoms with Gasteiger partial charge in [-0.25, -0.2) is 13.2 Å². The maximum Gasteiger partial charge on any atom is 0.414 e. The number of sulfonamides is 1. The van der Waals surface area contributed by atoms with Crippen molar-refractivity contribution in [2.75, 3.05) is 22.8 Å². The Bertz CT molecular complexity index is 917. The molecule has 7 nitrogen and oxygen atoms in total. The van der Waals surface area contributed by atoms with E-state index in [0.29, 0.717) is 24.5 Å². The van der Waals surface area contributed by atoms with Gasteiger partial charge in [-0.1, -0.05) is 12.1 Å². The van der Waals surface area contributed by atoms with Crippen LogP contribution in [0.1, 0.15) is 5.56 Å². The summed E-state index contributed by atoms with van der Waals surface area (Å²) in [5, 5.41) is 9.04. The number of nitrogens with zero attached hydrogens (tertiary/aromatic N) is 2. The maximum absolute atomic E-state index is 12.4. The van der Waals surface area contributed by atoms with Crippen LogP contribution in [0.15, 0.2) is 53.4 Å². The van der Waals surface area contributed by atoms with Crippen LogP contribution in [0, 0.1) is 11.3 Å². The van der Waals surface area contributed by atoms with Gasteiger partial charge in [0.15, 0.2) is 0 Å². The van der Waals surface area contributed by atoms with Crippen molar-refractivity contribution >= 4 is 27.5 Å². The Labute approximate surface area is 139 Å². The number of carbonyl (C=O) groups is 1. The number of anilines is 2. The van der Waals surface area contributed by atoms with Gasteiger partial charge in [0.1, 0.15) is 17.6 Å². The van der Waals surface area contributed by atoms with Crippen LogP contribution >= 0.6 is 0 Å². The molecule has 1 heterocycles. The fourth-order valence-electron chi connectivity index (χ4n) is 2.34. The predicted molar refractivity (Wildman–Crippen MR) is 87.1 cm³/mol. The molecule has 0 radical (unpaired) electrons. The molecular formula is C16H13N3O4S. The Morgan fingerprint density at radius 3 is 2.46 bits per heavy atom. The zero-order chi connectivity index (χ0) is 17.2. The molecule has 0 aliphatic carbocycles. The monoisotopic (exact) mass is 343 g/mol. The lowest BCUT2D eigenvalue weighted by Crippen LogP contribution is -2.23. The molecule has 0 aromatic heterocycles. The number of ether oxygens (including phenoxy) is 1. The van der Waals surface area contributed by atoms with E-state index in [-0.39, 0.29) is 10.5 Å². The summed E-state index contributed by atoms with van der Waals surface area (Å²) in [5.41, 5.74) is 1.03. The lowest BCUT2D eigenvalue weighted by atomic mass is 10.2. The van der Waals surface area contributed by atoms with Gasteiger partial charge in [-0.05, 0) is 36.4 Å². The molecule has 1 N–H and O–H groups in total. The molecule has 0 spiro atoms. The number of amides is 1. The van der Waals surface area contributed by atoms with E-state index < -0.39 is 16.1 Å².